The number of rotatable bonds is 2. The molecule has 5 nitrogen and oxygen atoms in total. The zero-order chi connectivity index (χ0) is 12.5. The summed E-state index contributed by atoms with van der Waals surface area (Å²) < 4.78 is 1.71. The van der Waals surface area contributed by atoms with Crippen molar-refractivity contribution in [1.29, 1.82) is 0 Å². The highest BCUT2D eigenvalue weighted by atomic mass is 16.3. The van der Waals surface area contributed by atoms with Gasteiger partial charge in [-0.3, -0.25) is 4.40 Å². The third-order valence-corrected chi connectivity index (χ3v) is 2.80. The second-order valence-corrected chi connectivity index (χ2v) is 4.04. The van der Waals surface area contributed by atoms with Crippen molar-refractivity contribution in [3.05, 3.63) is 54.0 Å². The maximum Gasteiger partial charge on any atom is 0.161 e. The first-order valence-corrected chi connectivity index (χ1v) is 5.53. The molecule has 5 heteroatoms. The zero-order valence-electron chi connectivity index (χ0n) is 9.48. The van der Waals surface area contributed by atoms with Gasteiger partial charge in [0.25, 0.3) is 0 Å². The summed E-state index contributed by atoms with van der Waals surface area (Å²) in [4.78, 5) is 0. The van der Waals surface area contributed by atoms with Crippen molar-refractivity contribution in [2.75, 3.05) is 0 Å². The van der Waals surface area contributed by atoms with E-state index in [1.54, 1.807) is 34.9 Å². The fourth-order valence-electron chi connectivity index (χ4n) is 1.88. The average molecular weight is 241 g/mol. The summed E-state index contributed by atoms with van der Waals surface area (Å²) in [6, 6.07) is 10.3. The monoisotopic (exact) mass is 241 g/mol. The van der Waals surface area contributed by atoms with Crippen LogP contribution in [0.1, 0.15) is 11.4 Å². The fraction of sp³-hybridized carbons (Fsp3) is 0.0769. The van der Waals surface area contributed by atoms with E-state index in [1.807, 2.05) is 12.1 Å². The molecule has 2 N–H and O–H groups in total. The van der Waals surface area contributed by atoms with E-state index in [4.69, 9.17) is 0 Å². The van der Waals surface area contributed by atoms with Crippen molar-refractivity contribution in [2.24, 2.45) is 0 Å². The van der Waals surface area contributed by atoms with Gasteiger partial charge in [-0.2, -0.15) is 0 Å². The van der Waals surface area contributed by atoms with Gasteiger partial charge in [0.1, 0.15) is 17.3 Å². The first kappa shape index (κ1) is 10.6. The Morgan fingerprint density at radius 3 is 2.67 bits per heavy atom. The van der Waals surface area contributed by atoms with Gasteiger partial charge in [0.15, 0.2) is 5.65 Å². The zero-order valence-corrected chi connectivity index (χ0v) is 9.48. The third kappa shape index (κ3) is 1.75. The number of fused-ring (bicyclic) bond motifs is 1. The number of hydrogen-bond donors (Lipinski definition) is 2. The van der Waals surface area contributed by atoms with Crippen LogP contribution >= 0.6 is 0 Å². The molecule has 0 aliphatic heterocycles. The summed E-state index contributed by atoms with van der Waals surface area (Å²) in [7, 11) is 0. The highest BCUT2D eigenvalue weighted by Gasteiger charge is 2.09. The van der Waals surface area contributed by atoms with Gasteiger partial charge in [-0.25, -0.2) is 0 Å². The first-order chi connectivity index (χ1) is 8.74. The Morgan fingerprint density at radius 2 is 1.83 bits per heavy atom. The fourth-order valence-corrected chi connectivity index (χ4v) is 1.88. The quantitative estimate of drug-likeness (QED) is 0.716. The predicted octanol–water partition coefficient (Wildman–Crippen LogP) is 1.73. The van der Waals surface area contributed by atoms with Crippen molar-refractivity contribution in [3.8, 4) is 11.5 Å². The standard InChI is InChI=1S/C13H11N3O2/c17-10-5-6-12-14-15-13(16(12)8-10)7-9-3-1-2-4-11(9)18/h1-6,8,17-18H,7H2. The number of para-hydroxylation sites is 1. The van der Waals surface area contributed by atoms with Gasteiger partial charge >= 0.3 is 0 Å². The van der Waals surface area contributed by atoms with Gasteiger partial charge in [-0.05, 0) is 18.2 Å². The van der Waals surface area contributed by atoms with Crippen LogP contribution in [0.25, 0.3) is 5.65 Å². The van der Waals surface area contributed by atoms with E-state index < -0.39 is 0 Å². The summed E-state index contributed by atoms with van der Waals surface area (Å²) in [5.41, 5.74) is 1.44. The lowest BCUT2D eigenvalue weighted by Crippen LogP contribution is -1.96. The Morgan fingerprint density at radius 1 is 1.00 bits per heavy atom. The van der Waals surface area contributed by atoms with Gasteiger partial charge < -0.3 is 10.2 Å². The van der Waals surface area contributed by atoms with Crippen LogP contribution in [0.3, 0.4) is 0 Å². The van der Waals surface area contributed by atoms with Crippen LogP contribution in [0.2, 0.25) is 0 Å². The molecule has 0 aliphatic rings. The van der Waals surface area contributed by atoms with Crippen LogP contribution in [0.15, 0.2) is 42.6 Å². The molecule has 0 bridgehead atoms. The molecule has 0 spiro atoms. The van der Waals surface area contributed by atoms with Crippen LogP contribution in [0.4, 0.5) is 0 Å². The Balaban J connectivity index is 2.05. The highest BCUT2D eigenvalue weighted by molar-refractivity contribution is 5.42. The van der Waals surface area contributed by atoms with Gasteiger partial charge in [-0.15, -0.1) is 10.2 Å². The molecule has 18 heavy (non-hydrogen) atoms. The summed E-state index contributed by atoms with van der Waals surface area (Å²) in [5.74, 6) is 1.05. The van der Waals surface area contributed by atoms with E-state index in [0.29, 0.717) is 17.9 Å². The lowest BCUT2D eigenvalue weighted by atomic mass is 10.1. The number of hydrogen-bond acceptors (Lipinski definition) is 4. The normalized spacial score (nSPS) is 10.9. The number of pyridine rings is 1. The molecule has 0 aliphatic carbocycles. The van der Waals surface area contributed by atoms with E-state index in [2.05, 4.69) is 10.2 Å². The second-order valence-electron chi connectivity index (χ2n) is 4.04. The van der Waals surface area contributed by atoms with Crippen LogP contribution in [0.5, 0.6) is 11.5 Å². The Labute approximate surface area is 103 Å². The van der Waals surface area contributed by atoms with Crippen molar-refractivity contribution >= 4 is 5.65 Å². The summed E-state index contributed by atoms with van der Waals surface area (Å²) in [6.07, 6.45) is 2.02. The molecule has 0 unspecified atom stereocenters. The van der Waals surface area contributed by atoms with Crippen molar-refractivity contribution in [1.82, 2.24) is 14.6 Å². The number of phenolic OH excluding ortho intramolecular Hbond substituents is 1. The van der Waals surface area contributed by atoms with Crippen LogP contribution in [0, 0.1) is 0 Å². The van der Waals surface area contributed by atoms with Crippen LogP contribution < -0.4 is 0 Å². The summed E-state index contributed by atoms with van der Waals surface area (Å²) >= 11 is 0. The van der Waals surface area contributed by atoms with E-state index in [9.17, 15) is 10.2 Å². The number of aromatic hydroxyl groups is 2. The number of nitrogens with zero attached hydrogens (tertiary/aromatic N) is 3. The van der Waals surface area contributed by atoms with E-state index in [1.165, 1.54) is 0 Å². The minimum atomic E-state index is 0.154. The number of aromatic nitrogens is 3. The number of phenols is 1. The molecule has 2 aromatic heterocycles. The van der Waals surface area contributed by atoms with Crippen LogP contribution in [-0.4, -0.2) is 24.8 Å². The number of benzene rings is 1. The molecule has 0 saturated heterocycles. The topological polar surface area (TPSA) is 70.7 Å². The molecule has 3 aromatic rings. The lowest BCUT2D eigenvalue weighted by Gasteiger charge is -2.03. The summed E-state index contributed by atoms with van der Waals surface area (Å²) in [6.45, 7) is 0. The van der Waals surface area contributed by atoms with Gasteiger partial charge in [-0.1, -0.05) is 18.2 Å². The molecule has 0 atom stereocenters. The minimum Gasteiger partial charge on any atom is -0.508 e. The molecule has 0 amide bonds. The van der Waals surface area contributed by atoms with Crippen molar-refractivity contribution in [2.45, 2.75) is 6.42 Å². The maximum atomic E-state index is 9.73. The SMILES string of the molecule is Oc1ccc2nnc(Cc3ccccc3O)n2c1. The molecule has 0 fully saturated rings. The second kappa shape index (κ2) is 4.03. The Hall–Kier alpha value is -2.56. The Bertz CT molecular complexity index is 706. The molecule has 90 valence electrons. The van der Waals surface area contributed by atoms with Crippen molar-refractivity contribution in [3.63, 3.8) is 0 Å². The van der Waals surface area contributed by atoms with E-state index in [-0.39, 0.29) is 11.5 Å². The Kier molecular flexibility index (Phi) is 2.37. The third-order valence-electron chi connectivity index (χ3n) is 2.80. The lowest BCUT2D eigenvalue weighted by molar-refractivity contribution is 0.468. The molecular formula is C13H11N3O2. The molecule has 1 aromatic carbocycles. The van der Waals surface area contributed by atoms with E-state index in [0.717, 1.165) is 5.56 Å². The highest BCUT2D eigenvalue weighted by Crippen LogP contribution is 2.20. The van der Waals surface area contributed by atoms with Gasteiger partial charge in [0.05, 0.1) is 6.20 Å². The smallest absolute Gasteiger partial charge is 0.161 e. The minimum absolute atomic E-state index is 0.154. The van der Waals surface area contributed by atoms with Gasteiger partial charge in [0.2, 0.25) is 0 Å². The van der Waals surface area contributed by atoms with Crippen LogP contribution in [-0.2, 0) is 6.42 Å². The molecule has 3 rings (SSSR count). The largest absolute Gasteiger partial charge is 0.508 e. The molecule has 0 saturated carbocycles. The first-order valence-electron chi connectivity index (χ1n) is 5.53. The maximum absolute atomic E-state index is 9.73. The molecule has 0 radical (unpaired) electrons. The predicted molar refractivity (Wildman–Crippen MR) is 65.6 cm³/mol. The van der Waals surface area contributed by atoms with Crippen molar-refractivity contribution < 1.29 is 10.2 Å². The molecular weight excluding hydrogens is 230 g/mol. The van der Waals surface area contributed by atoms with E-state index >= 15 is 0 Å². The average Bonchev–Trinajstić information content (AvgIpc) is 2.75. The summed E-state index contributed by atoms with van der Waals surface area (Å²) in [5, 5.41) is 27.3. The molecule has 2 heterocycles. The van der Waals surface area contributed by atoms with Gasteiger partial charge in [0, 0.05) is 12.0 Å².